The second kappa shape index (κ2) is 9.13. The van der Waals surface area contributed by atoms with Crippen molar-refractivity contribution in [2.75, 3.05) is 5.32 Å². The zero-order chi connectivity index (χ0) is 18.5. The zero-order valence-corrected chi connectivity index (χ0v) is 18.3. The molecule has 0 saturated carbocycles. The Morgan fingerprint density at radius 1 is 1.12 bits per heavy atom. The van der Waals surface area contributed by atoms with E-state index in [4.69, 9.17) is 11.6 Å². The minimum absolute atomic E-state index is 0.0969. The summed E-state index contributed by atoms with van der Waals surface area (Å²) in [5, 5.41) is 4.21. The molecule has 0 aliphatic rings. The monoisotopic (exact) mass is 512 g/mol. The second-order valence-corrected chi connectivity index (χ2v) is 9.29. The number of benzene rings is 2. The molecule has 0 radical (unpaired) electrons. The third-order valence-corrected chi connectivity index (χ3v) is 6.12. The van der Waals surface area contributed by atoms with E-state index in [1.807, 2.05) is 48.5 Å². The highest BCUT2D eigenvalue weighted by Gasteiger charge is 2.17. The van der Waals surface area contributed by atoms with Crippen molar-refractivity contribution in [2.24, 2.45) is 0 Å². The molecular formula is C19H15Br2ClN2OS. The normalized spacial score (nSPS) is 12.0. The van der Waals surface area contributed by atoms with Crippen LogP contribution in [0.2, 0.25) is 5.02 Å². The first-order chi connectivity index (χ1) is 12.5. The molecule has 1 amide bonds. The molecule has 1 N–H and O–H groups in total. The fourth-order valence-electron chi connectivity index (χ4n) is 2.35. The van der Waals surface area contributed by atoms with Crippen molar-refractivity contribution in [1.82, 2.24) is 4.98 Å². The van der Waals surface area contributed by atoms with E-state index in [1.165, 1.54) is 11.3 Å². The SMILES string of the molecule is O=C(Nc1ncc(Cc2ccc(Cl)cc2)s1)[C@H](Br)Cc1ccc(Br)cc1. The van der Waals surface area contributed by atoms with Gasteiger partial charge in [0.1, 0.15) is 0 Å². The Kier molecular flexibility index (Phi) is 6.86. The van der Waals surface area contributed by atoms with Crippen LogP contribution in [0.5, 0.6) is 0 Å². The quantitative estimate of drug-likeness (QED) is 0.404. The van der Waals surface area contributed by atoms with Crippen LogP contribution in [0.15, 0.2) is 59.2 Å². The molecule has 3 nitrogen and oxygen atoms in total. The van der Waals surface area contributed by atoms with Crippen LogP contribution >= 0.6 is 54.8 Å². The Balaban J connectivity index is 1.56. The number of thiazole rings is 1. The summed E-state index contributed by atoms with van der Waals surface area (Å²) in [6.07, 6.45) is 3.18. The van der Waals surface area contributed by atoms with E-state index in [0.717, 1.165) is 31.9 Å². The second-order valence-electron chi connectivity index (χ2n) is 5.72. The Bertz CT molecular complexity index is 881. The molecule has 1 heterocycles. The van der Waals surface area contributed by atoms with Crippen LogP contribution in [0.1, 0.15) is 16.0 Å². The van der Waals surface area contributed by atoms with E-state index in [0.29, 0.717) is 11.6 Å². The Hall–Kier alpha value is -1.21. The van der Waals surface area contributed by atoms with Gasteiger partial charge in [0.25, 0.3) is 0 Å². The average Bonchev–Trinajstić information content (AvgIpc) is 3.06. The average molecular weight is 515 g/mol. The Morgan fingerprint density at radius 2 is 1.77 bits per heavy atom. The summed E-state index contributed by atoms with van der Waals surface area (Å²) in [5.41, 5.74) is 2.25. The predicted octanol–water partition coefficient (Wildman–Crippen LogP) is 6.09. The summed E-state index contributed by atoms with van der Waals surface area (Å²) >= 11 is 14.3. The predicted molar refractivity (Wildman–Crippen MR) is 116 cm³/mol. The molecule has 0 aliphatic heterocycles. The van der Waals surface area contributed by atoms with Crippen molar-refractivity contribution in [1.29, 1.82) is 0 Å². The van der Waals surface area contributed by atoms with Gasteiger partial charge in [0, 0.05) is 27.0 Å². The molecule has 3 aromatic rings. The first-order valence-corrected chi connectivity index (χ1v) is 10.8. The van der Waals surface area contributed by atoms with Gasteiger partial charge in [0.15, 0.2) is 5.13 Å². The highest BCUT2D eigenvalue weighted by Crippen LogP contribution is 2.23. The van der Waals surface area contributed by atoms with Crippen molar-refractivity contribution in [2.45, 2.75) is 17.7 Å². The number of aromatic nitrogens is 1. The van der Waals surface area contributed by atoms with Gasteiger partial charge in [-0.25, -0.2) is 4.98 Å². The van der Waals surface area contributed by atoms with Gasteiger partial charge < -0.3 is 5.32 Å². The maximum Gasteiger partial charge on any atom is 0.240 e. The molecule has 1 aromatic heterocycles. The van der Waals surface area contributed by atoms with Gasteiger partial charge in [-0.2, -0.15) is 0 Å². The maximum absolute atomic E-state index is 12.4. The highest BCUT2D eigenvalue weighted by atomic mass is 79.9. The van der Waals surface area contributed by atoms with Crippen molar-refractivity contribution in [3.05, 3.63) is 80.2 Å². The van der Waals surface area contributed by atoms with Crippen molar-refractivity contribution >= 4 is 65.8 Å². The molecule has 0 fully saturated rings. The number of alkyl halides is 1. The number of carbonyl (C=O) groups is 1. The molecule has 3 rings (SSSR count). The first-order valence-electron chi connectivity index (χ1n) is 7.88. The molecule has 1 atom stereocenters. The van der Waals surface area contributed by atoms with E-state index < -0.39 is 0 Å². The van der Waals surface area contributed by atoms with Crippen LogP contribution < -0.4 is 5.32 Å². The molecule has 0 bridgehead atoms. The minimum Gasteiger partial charge on any atom is -0.301 e. The molecule has 26 heavy (non-hydrogen) atoms. The van der Waals surface area contributed by atoms with Crippen molar-refractivity contribution < 1.29 is 4.79 Å². The van der Waals surface area contributed by atoms with E-state index >= 15 is 0 Å². The van der Waals surface area contributed by atoms with E-state index in [2.05, 4.69) is 42.2 Å². The van der Waals surface area contributed by atoms with E-state index in [9.17, 15) is 4.79 Å². The van der Waals surface area contributed by atoms with Crippen LogP contribution in [0.4, 0.5) is 5.13 Å². The van der Waals surface area contributed by atoms with Crippen LogP contribution in [-0.2, 0) is 17.6 Å². The number of anilines is 1. The fraction of sp³-hybridized carbons (Fsp3) is 0.158. The number of hydrogen-bond acceptors (Lipinski definition) is 3. The third-order valence-electron chi connectivity index (χ3n) is 3.69. The topological polar surface area (TPSA) is 42.0 Å². The first kappa shape index (κ1) is 19.5. The smallest absolute Gasteiger partial charge is 0.240 e. The number of hydrogen-bond donors (Lipinski definition) is 1. The molecule has 7 heteroatoms. The van der Waals surface area contributed by atoms with Gasteiger partial charge in [0.05, 0.1) is 4.83 Å². The van der Waals surface area contributed by atoms with Gasteiger partial charge >= 0.3 is 0 Å². The molecule has 2 aromatic carbocycles. The maximum atomic E-state index is 12.4. The number of rotatable bonds is 6. The van der Waals surface area contributed by atoms with Crippen LogP contribution in [0.25, 0.3) is 0 Å². The number of nitrogens with zero attached hydrogens (tertiary/aromatic N) is 1. The summed E-state index contributed by atoms with van der Waals surface area (Å²) in [6, 6.07) is 15.7. The lowest BCUT2D eigenvalue weighted by Crippen LogP contribution is -2.24. The standard InChI is InChI=1S/C19H15Br2ClN2OS/c20-14-5-1-13(2-6-14)10-17(21)18(25)24-19-23-11-16(26-19)9-12-3-7-15(22)8-4-12/h1-8,11,17H,9-10H2,(H,23,24,25)/t17-/m1/s1. The van der Waals surface area contributed by atoms with Crippen LogP contribution in [0, 0.1) is 0 Å². The van der Waals surface area contributed by atoms with Crippen molar-refractivity contribution in [3.8, 4) is 0 Å². The summed E-state index contributed by atoms with van der Waals surface area (Å²) in [5.74, 6) is -0.0969. The largest absolute Gasteiger partial charge is 0.301 e. The molecule has 0 aliphatic carbocycles. The minimum atomic E-state index is -0.313. The van der Waals surface area contributed by atoms with E-state index in [-0.39, 0.29) is 10.7 Å². The van der Waals surface area contributed by atoms with Gasteiger partial charge in [-0.05, 0) is 41.8 Å². The third kappa shape index (κ3) is 5.64. The molecule has 0 saturated heterocycles. The molecule has 0 spiro atoms. The number of amides is 1. The lowest BCUT2D eigenvalue weighted by atomic mass is 10.1. The van der Waals surface area contributed by atoms with E-state index in [1.54, 1.807) is 6.20 Å². The van der Waals surface area contributed by atoms with Crippen LogP contribution in [0.3, 0.4) is 0 Å². The van der Waals surface area contributed by atoms with Crippen molar-refractivity contribution in [3.63, 3.8) is 0 Å². The van der Waals surface area contributed by atoms with Gasteiger partial charge in [0.2, 0.25) is 5.91 Å². The van der Waals surface area contributed by atoms with Crippen LogP contribution in [-0.4, -0.2) is 15.7 Å². The summed E-state index contributed by atoms with van der Waals surface area (Å²) in [4.78, 5) is 17.5. The number of carbonyl (C=O) groups excluding carboxylic acids is 1. The zero-order valence-electron chi connectivity index (χ0n) is 13.6. The van der Waals surface area contributed by atoms with Gasteiger partial charge in [-0.15, -0.1) is 11.3 Å². The Labute approximate surface area is 178 Å². The molecule has 134 valence electrons. The summed E-state index contributed by atoms with van der Waals surface area (Å²) in [7, 11) is 0. The highest BCUT2D eigenvalue weighted by molar-refractivity contribution is 9.10. The summed E-state index contributed by atoms with van der Waals surface area (Å²) in [6.45, 7) is 0. The fourth-order valence-corrected chi connectivity index (χ4v) is 4.08. The molecular weight excluding hydrogens is 500 g/mol. The number of nitrogens with one attached hydrogen (secondary N) is 1. The lowest BCUT2D eigenvalue weighted by Gasteiger charge is -2.09. The molecule has 0 unspecified atom stereocenters. The lowest BCUT2D eigenvalue weighted by molar-refractivity contribution is -0.115. The summed E-state index contributed by atoms with van der Waals surface area (Å²) < 4.78 is 1.02. The Morgan fingerprint density at radius 3 is 2.46 bits per heavy atom. The number of halogens is 3. The van der Waals surface area contributed by atoms with Gasteiger partial charge in [-0.1, -0.05) is 67.7 Å². The van der Waals surface area contributed by atoms with Gasteiger partial charge in [-0.3, -0.25) is 4.79 Å².